The maximum Gasteiger partial charge on any atom is 0.352 e. The van der Waals surface area contributed by atoms with E-state index in [1.54, 1.807) is 6.07 Å². The van der Waals surface area contributed by atoms with Gasteiger partial charge in [-0.05, 0) is 29.8 Å². The Morgan fingerprint density at radius 2 is 2.07 bits per heavy atom. The Morgan fingerprint density at radius 3 is 2.77 bits per heavy atom. The summed E-state index contributed by atoms with van der Waals surface area (Å²) in [7, 11) is 0. The van der Waals surface area contributed by atoms with Crippen LogP contribution in [-0.4, -0.2) is 45.0 Å². The summed E-state index contributed by atoms with van der Waals surface area (Å²) in [6, 6.07) is 11.5. The van der Waals surface area contributed by atoms with Crippen molar-refractivity contribution in [2.24, 2.45) is 0 Å². The average Bonchev–Trinajstić information content (AvgIpc) is 3.24. The van der Waals surface area contributed by atoms with Crippen molar-refractivity contribution in [1.29, 1.82) is 0 Å². The number of thioether (sulfide) groups is 1. The quantitative estimate of drug-likeness (QED) is 0.655. The van der Waals surface area contributed by atoms with Crippen LogP contribution in [0.15, 0.2) is 70.8 Å². The standard InChI is InChI=1S/C21H18N2O6S/c1-2-12-11-30-20-16(19(25)23(20)17(12)21(26)27)22-18(24)15-9-8-14(29-15)10-28-13-6-4-3-5-7-13/h2-9,16,20H,1,10-11H2,(H,22,24)(H,26,27)/t16-,20-/m1/s1. The molecule has 0 unspecified atom stereocenters. The fourth-order valence-corrected chi connectivity index (χ4v) is 4.60. The molecule has 9 heteroatoms. The zero-order valence-electron chi connectivity index (χ0n) is 15.7. The van der Waals surface area contributed by atoms with Crippen molar-refractivity contribution < 1.29 is 28.6 Å². The van der Waals surface area contributed by atoms with Crippen molar-refractivity contribution in [3.05, 3.63) is 77.9 Å². The molecule has 1 aromatic heterocycles. The van der Waals surface area contributed by atoms with Crippen molar-refractivity contribution in [2.75, 3.05) is 5.75 Å². The topological polar surface area (TPSA) is 109 Å². The number of nitrogens with zero attached hydrogens (tertiary/aromatic N) is 1. The van der Waals surface area contributed by atoms with Crippen molar-refractivity contribution in [3.63, 3.8) is 0 Å². The number of carbonyl (C=O) groups is 3. The van der Waals surface area contributed by atoms with E-state index in [0.29, 0.717) is 22.8 Å². The first-order chi connectivity index (χ1) is 14.5. The number of hydrogen-bond acceptors (Lipinski definition) is 6. The third-order valence-electron chi connectivity index (χ3n) is 4.74. The lowest BCUT2D eigenvalue weighted by Gasteiger charge is -2.49. The molecular weight excluding hydrogens is 408 g/mol. The number of rotatable bonds is 7. The minimum Gasteiger partial charge on any atom is -0.486 e. The van der Waals surface area contributed by atoms with Gasteiger partial charge >= 0.3 is 5.97 Å². The molecule has 4 rings (SSSR count). The van der Waals surface area contributed by atoms with Gasteiger partial charge in [0.05, 0.1) is 0 Å². The molecule has 1 fully saturated rings. The number of aliphatic carboxylic acids is 1. The number of benzene rings is 1. The molecule has 30 heavy (non-hydrogen) atoms. The van der Waals surface area contributed by atoms with Gasteiger partial charge in [0, 0.05) is 5.75 Å². The highest BCUT2D eigenvalue weighted by Crippen LogP contribution is 2.40. The first-order valence-electron chi connectivity index (χ1n) is 9.10. The number of furan rings is 1. The van der Waals surface area contributed by atoms with E-state index < -0.39 is 29.2 Å². The highest BCUT2D eigenvalue weighted by molar-refractivity contribution is 8.00. The maximum atomic E-state index is 12.5. The molecule has 2 aliphatic rings. The van der Waals surface area contributed by atoms with Crippen LogP contribution < -0.4 is 10.1 Å². The molecule has 0 aliphatic carbocycles. The molecule has 2 atom stereocenters. The van der Waals surface area contributed by atoms with Crippen LogP contribution in [0.2, 0.25) is 0 Å². The Bertz CT molecular complexity index is 1040. The molecule has 2 aliphatic heterocycles. The largest absolute Gasteiger partial charge is 0.486 e. The van der Waals surface area contributed by atoms with Gasteiger partial charge in [0.15, 0.2) is 5.76 Å². The summed E-state index contributed by atoms with van der Waals surface area (Å²) in [5.74, 6) is -0.628. The van der Waals surface area contributed by atoms with Gasteiger partial charge in [0.25, 0.3) is 11.8 Å². The summed E-state index contributed by atoms with van der Waals surface area (Å²) in [5, 5.41) is 11.6. The summed E-state index contributed by atoms with van der Waals surface area (Å²) < 4.78 is 11.1. The van der Waals surface area contributed by atoms with Crippen LogP contribution in [0.5, 0.6) is 5.75 Å². The number of para-hydroxylation sites is 1. The second-order valence-corrected chi connectivity index (χ2v) is 7.72. The summed E-state index contributed by atoms with van der Waals surface area (Å²) in [6.07, 6.45) is 1.44. The summed E-state index contributed by atoms with van der Waals surface area (Å²) in [5.41, 5.74) is 0.401. The van der Waals surface area contributed by atoms with Crippen molar-refractivity contribution in [2.45, 2.75) is 18.0 Å². The van der Waals surface area contributed by atoms with E-state index in [4.69, 9.17) is 9.15 Å². The average molecular weight is 426 g/mol. The molecule has 0 bridgehead atoms. The van der Waals surface area contributed by atoms with Gasteiger partial charge in [-0.3, -0.25) is 14.5 Å². The molecule has 1 aromatic carbocycles. The third kappa shape index (κ3) is 3.59. The second-order valence-electron chi connectivity index (χ2n) is 6.61. The molecule has 8 nitrogen and oxygen atoms in total. The molecule has 0 radical (unpaired) electrons. The fourth-order valence-electron chi connectivity index (χ4n) is 3.26. The second kappa shape index (κ2) is 8.11. The molecule has 3 heterocycles. The monoisotopic (exact) mass is 426 g/mol. The van der Waals surface area contributed by atoms with Crippen LogP contribution in [0.3, 0.4) is 0 Å². The Morgan fingerprint density at radius 1 is 1.30 bits per heavy atom. The molecule has 0 spiro atoms. The summed E-state index contributed by atoms with van der Waals surface area (Å²) in [6.45, 7) is 3.76. The molecular formula is C21H18N2O6S. The number of carboxylic acids is 1. The van der Waals surface area contributed by atoms with Crippen LogP contribution in [0.25, 0.3) is 0 Å². The van der Waals surface area contributed by atoms with Crippen molar-refractivity contribution in [3.8, 4) is 5.75 Å². The van der Waals surface area contributed by atoms with Crippen LogP contribution in [0.4, 0.5) is 0 Å². The highest BCUT2D eigenvalue weighted by Gasteiger charge is 2.54. The Hall–Kier alpha value is -3.46. The van der Waals surface area contributed by atoms with Crippen LogP contribution in [0, 0.1) is 0 Å². The third-order valence-corrected chi connectivity index (χ3v) is 6.05. The first-order valence-corrected chi connectivity index (χ1v) is 10.2. The number of nitrogens with one attached hydrogen (secondary N) is 1. The fraction of sp³-hybridized carbons (Fsp3) is 0.190. The van der Waals surface area contributed by atoms with Gasteiger partial charge in [-0.15, -0.1) is 11.8 Å². The predicted octanol–water partition coefficient (Wildman–Crippen LogP) is 2.40. The Labute approximate surface area is 176 Å². The number of fused-ring (bicyclic) bond motifs is 1. The van der Waals surface area contributed by atoms with Gasteiger partial charge in [-0.1, -0.05) is 30.9 Å². The zero-order chi connectivity index (χ0) is 21.3. The molecule has 154 valence electrons. The minimum atomic E-state index is -1.19. The number of allylic oxidation sites excluding steroid dienone is 1. The summed E-state index contributed by atoms with van der Waals surface area (Å²) in [4.78, 5) is 37.8. The van der Waals surface area contributed by atoms with Crippen molar-refractivity contribution >= 4 is 29.5 Å². The molecule has 2 N–H and O–H groups in total. The SMILES string of the molecule is C=CC1=C(C(=O)O)N2C(=O)[C@@H](NC(=O)c3ccc(COc4ccccc4)o3)[C@H]2SC1. The Balaban J connectivity index is 1.39. The number of β-lactam (4-membered cyclic amide) rings is 1. The van der Waals surface area contributed by atoms with E-state index in [-0.39, 0.29) is 18.1 Å². The van der Waals surface area contributed by atoms with E-state index in [9.17, 15) is 19.5 Å². The molecule has 0 saturated carbocycles. The maximum absolute atomic E-state index is 12.5. The molecule has 2 amide bonds. The molecule has 1 saturated heterocycles. The lowest BCUT2D eigenvalue weighted by molar-refractivity contribution is -0.148. The number of hydrogen-bond donors (Lipinski definition) is 2. The van der Waals surface area contributed by atoms with Crippen molar-refractivity contribution in [1.82, 2.24) is 10.2 Å². The van der Waals surface area contributed by atoms with Crippen LogP contribution in [-0.2, 0) is 16.2 Å². The van der Waals surface area contributed by atoms with Gasteiger partial charge in [-0.2, -0.15) is 0 Å². The van der Waals surface area contributed by atoms with E-state index in [2.05, 4.69) is 11.9 Å². The number of ether oxygens (including phenoxy) is 1. The van der Waals surface area contributed by atoms with E-state index >= 15 is 0 Å². The van der Waals surface area contributed by atoms with E-state index in [1.165, 1.54) is 28.8 Å². The van der Waals surface area contributed by atoms with Crippen LogP contribution >= 0.6 is 11.8 Å². The number of carboxylic acid groups (broad SMARTS) is 1. The van der Waals surface area contributed by atoms with E-state index in [1.807, 2.05) is 30.3 Å². The van der Waals surface area contributed by atoms with Gasteiger partial charge < -0.3 is 19.6 Å². The zero-order valence-corrected chi connectivity index (χ0v) is 16.6. The Kier molecular flexibility index (Phi) is 5.37. The highest BCUT2D eigenvalue weighted by atomic mass is 32.2. The predicted molar refractivity (Wildman–Crippen MR) is 109 cm³/mol. The number of carbonyl (C=O) groups excluding carboxylic acids is 2. The van der Waals surface area contributed by atoms with Gasteiger partial charge in [-0.25, -0.2) is 4.79 Å². The molecule has 2 aromatic rings. The minimum absolute atomic E-state index is 0.0505. The van der Waals surface area contributed by atoms with Crippen LogP contribution in [0.1, 0.15) is 16.3 Å². The summed E-state index contributed by atoms with van der Waals surface area (Å²) >= 11 is 1.37. The van der Waals surface area contributed by atoms with E-state index in [0.717, 1.165) is 0 Å². The first kappa shape index (κ1) is 19.8. The van der Waals surface area contributed by atoms with Gasteiger partial charge in [0.1, 0.15) is 35.2 Å². The normalized spacial score (nSPS) is 20.3. The lowest BCUT2D eigenvalue weighted by atomic mass is 10.0. The van der Waals surface area contributed by atoms with Gasteiger partial charge in [0.2, 0.25) is 0 Å². The lowest BCUT2D eigenvalue weighted by Crippen LogP contribution is -2.70. The number of amides is 2. The smallest absolute Gasteiger partial charge is 0.352 e.